The van der Waals surface area contributed by atoms with Crippen molar-refractivity contribution >= 4 is 0 Å². The highest BCUT2D eigenvalue weighted by atomic mass is 16.5. The van der Waals surface area contributed by atoms with Gasteiger partial charge in [-0.1, -0.05) is 0 Å². The van der Waals surface area contributed by atoms with Crippen molar-refractivity contribution in [1.82, 2.24) is 4.98 Å². The molecule has 0 radical (unpaired) electrons. The molecule has 0 spiro atoms. The lowest BCUT2D eigenvalue weighted by Gasteiger charge is -2.00. The number of aryl methyl sites for hydroxylation is 1. The molecule has 10 heavy (non-hydrogen) atoms. The second-order valence-electron chi connectivity index (χ2n) is 2.02. The molecule has 1 rings (SSSR count). The molecule has 0 aliphatic rings. The van der Waals surface area contributed by atoms with E-state index in [1.54, 1.807) is 20.1 Å². The van der Waals surface area contributed by atoms with Crippen molar-refractivity contribution in [3.63, 3.8) is 0 Å². The molecule has 0 aliphatic heterocycles. The molecule has 3 heteroatoms. The van der Waals surface area contributed by atoms with E-state index in [4.69, 9.17) is 4.74 Å². The molecule has 1 heterocycles. The summed E-state index contributed by atoms with van der Waals surface area (Å²) < 4.78 is 4.93. The Hall–Kier alpha value is -1.25. The molecule has 1 N–H and O–H groups in total. The van der Waals surface area contributed by atoms with Gasteiger partial charge >= 0.3 is 0 Å². The van der Waals surface area contributed by atoms with Gasteiger partial charge in [0, 0.05) is 6.07 Å². The van der Waals surface area contributed by atoms with Crippen molar-refractivity contribution in [1.29, 1.82) is 0 Å². The Morgan fingerprint density at radius 2 is 2.20 bits per heavy atom. The quantitative estimate of drug-likeness (QED) is 0.622. The van der Waals surface area contributed by atoms with Gasteiger partial charge in [-0.05, 0) is 13.0 Å². The van der Waals surface area contributed by atoms with E-state index >= 15 is 0 Å². The van der Waals surface area contributed by atoms with Gasteiger partial charge in [0.05, 0.1) is 12.8 Å². The normalized spacial score (nSPS) is 9.40. The van der Waals surface area contributed by atoms with Crippen molar-refractivity contribution in [3.05, 3.63) is 28.2 Å². The fourth-order valence-electron chi connectivity index (χ4n) is 0.786. The van der Waals surface area contributed by atoms with Crippen LogP contribution >= 0.6 is 0 Å². The second kappa shape index (κ2) is 2.56. The summed E-state index contributed by atoms with van der Waals surface area (Å²) in [6, 6.07) is 3.08. The molecule has 0 saturated heterocycles. The van der Waals surface area contributed by atoms with Crippen LogP contribution < -0.4 is 10.3 Å². The number of hydrogen-bond acceptors (Lipinski definition) is 2. The molecule has 54 valence electrons. The molecular formula is C7H9NO2. The van der Waals surface area contributed by atoms with Crippen LogP contribution in [0, 0.1) is 6.92 Å². The number of H-pyrrole nitrogens is 1. The Morgan fingerprint density at radius 3 is 2.70 bits per heavy atom. The van der Waals surface area contributed by atoms with Gasteiger partial charge in [0.1, 0.15) is 5.75 Å². The van der Waals surface area contributed by atoms with Crippen molar-refractivity contribution in [2.75, 3.05) is 7.11 Å². The van der Waals surface area contributed by atoms with Crippen LogP contribution in [-0.4, -0.2) is 12.1 Å². The van der Waals surface area contributed by atoms with Crippen LogP contribution in [0.3, 0.4) is 0 Å². The van der Waals surface area contributed by atoms with Crippen LogP contribution in [0.1, 0.15) is 5.69 Å². The third kappa shape index (κ3) is 1.18. The zero-order chi connectivity index (χ0) is 7.56. The summed E-state index contributed by atoms with van der Waals surface area (Å²) in [5.41, 5.74) is 0.660. The van der Waals surface area contributed by atoms with Crippen LogP contribution in [0.2, 0.25) is 0 Å². The number of pyridine rings is 1. The van der Waals surface area contributed by atoms with Crippen molar-refractivity contribution in [2.24, 2.45) is 0 Å². The summed E-state index contributed by atoms with van der Waals surface area (Å²) in [6.45, 7) is 1.79. The van der Waals surface area contributed by atoms with Crippen molar-refractivity contribution < 1.29 is 4.74 Å². The van der Waals surface area contributed by atoms with Gasteiger partial charge in [-0.2, -0.15) is 0 Å². The highest BCUT2D eigenvalue weighted by Crippen LogP contribution is 2.09. The fourth-order valence-corrected chi connectivity index (χ4v) is 0.786. The van der Waals surface area contributed by atoms with E-state index in [1.165, 1.54) is 6.07 Å². The minimum atomic E-state index is -0.0988. The second-order valence-corrected chi connectivity index (χ2v) is 2.02. The Morgan fingerprint density at radius 1 is 1.50 bits per heavy atom. The third-order valence-electron chi connectivity index (χ3n) is 1.29. The number of aromatic nitrogens is 1. The van der Waals surface area contributed by atoms with Gasteiger partial charge in [0.2, 0.25) is 5.56 Å². The Labute approximate surface area is 58.7 Å². The highest BCUT2D eigenvalue weighted by Gasteiger charge is 1.94. The van der Waals surface area contributed by atoms with Gasteiger partial charge < -0.3 is 9.72 Å². The molecule has 0 bridgehead atoms. The predicted molar refractivity (Wildman–Crippen MR) is 38.4 cm³/mol. The lowest BCUT2D eigenvalue weighted by molar-refractivity contribution is 0.409. The molecule has 0 aliphatic carbocycles. The molecule has 0 aromatic carbocycles. The maximum atomic E-state index is 10.6. The molecule has 0 atom stereocenters. The minimum absolute atomic E-state index is 0.0988. The van der Waals surface area contributed by atoms with E-state index in [0.29, 0.717) is 5.75 Å². The summed E-state index contributed by atoms with van der Waals surface area (Å²) in [7, 11) is 1.57. The summed E-state index contributed by atoms with van der Waals surface area (Å²) in [5.74, 6) is 0.708. The third-order valence-corrected chi connectivity index (χ3v) is 1.29. The molecule has 1 aromatic rings. The average molecular weight is 139 g/mol. The molecule has 0 fully saturated rings. The van der Waals surface area contributed by atoms with E-state index in [9.17, 15) is 4.79 Å². The van der Waals surface area contributed by atoms with Crippen LogP contribution in [0.5, 0.6) is 5.75 Å². The zero-order valence-corrected chi connectivity index (χ0v) is 5.97. The van der Waals surface area contributed by atoms with Crippen LogP contribution in [-0.2, 0) is 0 Å². The van der Waals surface area contributed by atoms with Crippen LogP contribution in [0.15, 0.2) is 16.9 Å². The molecule has 3 nitrogen and oxygen atoms in total. The standard InChI is InChI=1S/C7H9NO2/c1-5-6(10-2)3-4-7(9)8-5/h3-4H,1-2H3,(H,8,9). The molecule has 0 unspecified atom stereocenters. The topological polar surface area (TPSA) is 42.1 Å². The highest BCUT2D eigenvalue weighted by molar-refractivity contribution is 5.24. The molecule has 1 aromatic heterocycles. The number of aromatic amines is 1. The number of nitrogens with one attached hydrogen (secondary N) is 1. The first kappa shape index (κ1) is 6.86. The molecule has 0 amide bonds. The predicted octanol–water partition coefficient (Wildman–Crippen LogP) is 0.692. The molecule has 0 saturated carbocycles. The van der Waals surface area contributed by atoms with E-state index in [2.05, 4.69) is 4.98 Å². The Kier molecular flexibility index (Phi) is 1.76. The summed E-state index contributed by atoms with van der Waals surface area (Å²) in [5, 5.41) is 0. The summed E-state index contributed by atoms with van der Waals surface area (Å²) >= 11 is 0. The van der Waals surface area contributed by atoms with E-state index < -0.39 is 0 Å². The van der Waals surface area contributed by atoms with Gasteiger partial charge in [-0.3, -0.25) is 4.79 Å². The zero-order valence-electron chi connectivity index (χ0n) is 5.97. The number of ether oxygens (including phenoxy) is 1. The van der Waals surface area contributed by atoms with Gasteiger partial charge in [-0.25, -0.2) is 0 Å². The SMILES string of the molecule is COc1ccc(=O)[nH]c1C. The number of methoxy groups -OCH3 is 1. The molecular weight excluding hydrogens is 130 g/mol. The van der Waals surface area contributed by atoms with Crippen LogP contribution in [0.4, 0.5) is 0 Å². The Bertz CT molecular complexity index is 277. The maximum absolute atomic E-state index is 10.6. The van der Waals surface area contributed by atoms with Gasteiger partial charge in [0.25, 0.3) is 0 Å². The van der Waals surface area contributed by atoms with Gasteiger partial charge in [0.15, 0.2) is 0 Å². The number of hydrogen-bond donors (Lipinski definition) is 1. The smallest absolute Gasteiger partial charge is 0.248 e. The van der Waals surface area contributed by atoms with Crippen LogP contribution in [0.25, 0.3) is 0 Å². The number of rotatable bonds is 1. The Balaban J connectivity index is 3.19. The van der Waals surface area contributed by atoms with Gasteiger partial charge in [-0.15, -0.1) is 0 Å². The average Bonchev–Trinajstić information content (AvgIpc) is 1.88. The monoisotopic (exact) mass is 139 g/mol. The fraction of sp³-hybridized carbons (Fsp3) is 0.286. The lowest BCUT2D eigenvalue weighted by Crippen LogP contribution is -2.05. The van der Waals surface area contributed by atoms with E-state index in [1.807, 2.05) is 0 Å². The van der Waals surface area contributed by atoms with E-state index in [-0.39, 0.29) is 5.56 Å². The van der Waals surface area contributed by atoms with Crippen molar-refractivity contribution in [2.45, 2.75) is 6.92 Å². The maximum Gasteiger partial charge on any atom is 0.248 e. The summed E-state index contributed by atoms with van der Waals surface area (Å²) in [6.07, 6.45) is 0. The lowest BCUT2D eigenvalue weighted by atomic mass is 10.3. The summed E-state index contributed by atoms with van der Waals surface area (Å²) in [4.78, 5) is 13.3. The van der Waals surface area contributed by atoms with Crippen molar-refractivity contribution in [3.8, 4) is 5.75 Å². The first-order chi connectivity index (χ1) is 4.74. The van der Waals surface area contributed by atoms with E-state index in [0.717, 1.165) is 5.69 Å². The first-order valence-corrected chi connectivity index (χ1v) is 2.98. The minimum Gasteiger partial charge on any atom is -0.495 e. The first-order valence-electron chi connectivity index (χ1n) is 2.98. The largest absolute Gasteiger partial charge is 0.495 e.